The molecule has 0 atom stereocenters. The van der Waals surface area contributed by atoms with E-state index >= 15 is 0 Å². The molecule has 18 heteroatoms. The average Bonchev–Trinajstić information content (AvgIpc) is 1.64. The van der Waals surface area contributed by atoms with Gasteiger partial charge in [-0.25, -0.2) is 19.9 Å². The van der Waals surface area contributed by atoms with E-state index in [2.05, 4.69) is 68.5 Å². The minimum atomic E-state index is -0.328. The molecule has 0 unspecified atom stereocenters. The van der Waals surface area contributed by atoms with Gasteiger partial charge in [0.2, 0.25) is 0 Å². The van der Waals surface area contributed by atoms with Crippen molar-refractivity contribution in [3.63, 3.8) is 0 Å². The van der Waals surface area contributed by atoms with Crippen LogP contribution in [0.5, 0.6) is 0 Å². The number of ether oxygens (including phenoxy) is 4. The number of hydrogen-bond donors (Lipinski definition) is 0. The van der Waals surface area contributed by atoms with E-state index < -0.39 is 0 Å². The summed E-state index contributed by atoms with van der Waals surface area (Å²) in [6.45, 7) is 16.3. The molecule has 0 radical (unpaired) electrons. The summed E-state index contributed by atoms with van der Waals surface area (Å²) in [6.07, 6.45) is 14.8. The van der Waals surface area contributed by atoms with Crippen molar-refractivity contribution in [1.82, 2.24) is 39.9 Å². The summed E-state index contributed by atoms with van der Waals surface area (Å²) >= 11 is 0. The Kier molecular flexibility index (Phi) is 21.0. The summed E-state index contributed by atoms with van der Waals surface area (Å²) in [7, 11) is 5.56. The van der Waals surface area contributed by atoms with Crippen molar-refractivity contribution >= 4 is 138 Å². The van der Waals surface area contributed by atoms with Gasteiger partial charge in [0.25, 0.3) is 0 Å². The third kappa shape index (κ3) is 14.2. The van der Waals surface area contributed by atoms with Gasteiger partial charge >= 0.3 is 62.8 Å². The summed E-state index contributed by atoms with van der Waals surface area (Å²) < 4.78 is 20.2. The molecule has 6 aromatic heterocycles. The Morgan fingerprint density at radius 3 is 1.10 bits per heavy atom. The average molecular weight is 1330 g/mol. The fourth-order valence-electron chi connectivity index (χ4n) is 12.0. The molecule has 4 aliphatic heterocycles. The van der Waals surface area contributed by atoms with Crippen molar-refractivity contribution < 1.29 is 77.1 Å². The monoisotopic (exact) mass is 1330 g/mol. The Labute approximate surface area is 560 Å². The summed E-state index contributed by atoms with van der Waals surface area (Å²) in [5.41, 5.74) is 26.6. The van der Waals surface area contributed by atoms with Crippen molar-refractivity contribution in [2.24, 2.45) is 0 Å². The van der Waals surface area contributed by atoms with Crippen LogP contribution >= 0.6 is 0 Å². The number of aromatic nitrogens is 8. The van der Waals surface area contributed by atoms with Gasteiger partial charge in [-0.15, -0.1) is 44.1 Å². The number of fused-ring (bicyclic) bond motifs is 16. The Bertz CT molecular complexity index is 4440. The zero-order valence-corrected chi connectivity index (χ0v) is 60.2. The number of nitrogens with zero attached hydrogens (tertiary/aromatic N) is 8. The number of benzene rings is 1. The molecule has 0 saturated carbocycles. The molecular weight excluding hydrogens is 1260 g/mol. The van der Waals surface area contributed by atoms with Gasteiger partial charge in [0.15, 0.2) is 0 Å². The van der Waals surface area contributed by atoms with Gasteiger partial charge in [-0.05, 0) is 155 Å². The van der Waals surface area contributed by atoms with Gasteiger partial charge in [0, 0.05) is 25.7 Å². The molecule has 0 spiro atoms. The van der Waals surface area contributed by atoms with Gasteiger partial charge in [-0.1, -0.05) is 124 Å². The molecule has 1 aromatic carbocycles. The first-order valence-corrected chi connectivity index (χ1v) is 30.1. The van der Waals surface area contributed by atoms with Crippen molar-refractivity contribution in [3.05, 3.63) is 174 Å². The molecule has 7 aromatic rings. The summed E-state index contributed by atoms with van der Waals surface area (Å²) in [5.74, 6) is -1.29. The zero-order chi connectivity index (χ0) is 63.7. The Morgan fingerprint density at radius 2 is 0.717 bits per heavy atom. The first kappa shape index (κ1) is 67.4. The van der Waals surface area contributed by atoms with E-state index in [1.165, 1.54) is 28.4 Å². The number of hydrogen-bond acceptors (Lipinski definition) is 12. The van der Waals surface area contributed by atoms with Gasteiger partial charge in [-0.3, -0.25) is 19.2 Å². The number of esters is 4. The van der Waals surface area contributed by atoms with Gasteiger partial charge in [0.1, 0.15) is 0 Å². The Hall–Kier alpha value is -8.97. The van der Waals surface area contributed by atoms with Crippen LogP contribution in [0.2, 0.25) is 0 Å². The fraction of sp³-hybridized carbons (Fsp3) is 0.270. The largest absolute Gasteiger partial charge is 2.00 e. The predicted octanol–water partition coefficient (Wildman–Crippen LogP) is 14.1. The Balaban J connectivity index is 0.00000500. The van der Waals surface area contributed by atoms with E-state index in [1.807, 2.05) is 96.1 Å². The maximum Gasteiger partial charge on any atom is 2.00 e. The minimum Gasteiger partial charge on any atom is -0.657 e. The summed E-state index contributed by atoms with van der Waals surface area (Å²) in [6, 6.07) is 24.2. The summed E-state index contributed by atoms with van der Waals surface area (Å²) in [4.78, 5) is 91.7. The summed E-state index contributed by atoms with van der Waals surface area (Å²) in [5, 5.41) is 0. The minimum absolute atomic E-state index is 0. The zero-order valence-electron chi connectivity index (χ0n) is 54.3. The van der Waals surface area contributed by atoms with E-state index in [4.69, 9.17) is 58.8 Å². The maximum absolute atomic E-state index is 12.6. The number of rotatable bonds is 16. The third-order valence-corrected chi connectivity index (χ3v) is 17.4. The van der Waals surface area contributed by atoms with Gasteiger partial charge < -0.3 is 38.9 Å². The van der Waals surface area contributed by atoms with Gasteiger partial charge in [-0.2, -0.15) is 0 Å². The van der Waals surface area contributed by atoms with Crippen molar-refractivity contribution in [2.45, 2.75) is 107 Å². The smallest absolute Gasteiger partial charge is 0.657 e. The molecule has 16 nitrogen and oxygen atoms in total. The standard InChI is InChI=1S/C74H70N8O8.2Zn/c1-39-28-49-31-59-41(3)51(65(77-59)35-63-45(7)55(22-26-73(85)89-11)69(81-63)37-67-53(20-24-71(83)87-9)43(5)61(79-67)33-57(39)75-49)18-16-47-14-13-15-48(30-47)17-19-52-42(4)60-32-50-29-40(2)58(76-50)34-62-44(6)54(21-25-72(84)88-10)68(80-62)38-70-56(23-27-74(86)90-12)46(8)64(82-70)36-66(52)78-60;;/h13-19,28-38H,20-27H2,1-12H3;;/q-4;2*+2/b18-16+,19-17+,49-31?,50-32?,57-33?,58-34?,59-31?,60-32?,61-33?,62-34?,63-35?,64-36?,65-35?,66-36?,67-37?,68-38?,69-37?,70-38?;;. The number of aryl methyl sites for hydroxylation is 6. The van der Waals surface area contributed by atoms with E-state index in [0.29, 0.717) is 59.5 Å². The molecule has 11 rings (SSSR count). The molecule has 92 heavy (non-hydrogen) atoms. The van der Waals surface area contributed by atoms with Gasteiger partial charge in [0.05, 0.1) is 74.0 Å². The second-order valence-corrected chi connectivity index (χ2v) is 23.1. The SMILES string of the molecule is COC(=O)CCC1=C(C)c2cc3[n-]c(cc4nc(cc5[n-]c(cc1n2)c(CCC(=O)OC)c5C)C(C)=C4)c(C)c3/C=C/c1cccc(/C=C/c2c(C)c3cc4nc(cc5[n-]c(cc6nc(cc2[n-]3)C(C)=C6CCC(=O)OC)c(CCC(=O)OC)c5C)C(C)=C4)c1.[Zn+2].[Zn+2]. The second-order valence-electron chi connectivity index (χ2n) is 23.1. The molecule has 10 heterocycles. The molecule has 0 amide bonds. The van der Waals surface area contributed by atoms with E-state index in [1.54, 1.807) is 0 Å². The van der Waals surface area contributed by atoms with Crippen molar-refractivity contribution in [1.29, 1.82) is 0 Å². The first-order chi connectivity index (χ1) is 43.3. The molecular formula is C74H70N8O8Zn2. The van der Waals surface area contributed by atoms with Crippen molar-refractivity contribution in [2.75, 3.05) is 28.4 Å². The topological polar surface area (TPSA) is 213 Å². The molecule has 0 aliphatic carbocycles. The van der Waals surface area contributed by atoms with Crippen LogP contribution in [0, 0.1) is 27.7 Å². The quantitative estimate of drug-likeness (QED) is 0.0500. The molecule has 0 saturated heterocycles. The van der Waals surface area contributed by atoms with Crippen LogP contribution in [0.15, 0.2) is 72.8 Å². The maximum atomic E-state index is 12.6. The van der Waals surface area contributed by atoms with Crippen LogP contribution in [0.25, 0.3) is 114 Å². The van der Waals surface area contributed by atoms with Crippen LogP contribution in [0.4, 0.5) is 0 Å². The first-order valence-electron chi connectivity index (χ1n) is 30.1. The molecule has 4 aliphatic rings. The van der Waals surface area contributed by atoms with E-state index in [-0.39, 0.29) is 88.5 Å². The number of allylic oxidation sites excluding steroid dienone is 6. The molecule has 0 N–H and O–H groups in total. The van der Waals surface area contributed by atoms with Crippen LogP contribution in [0.3, 0.4) is 0 Å². The number of carbonyl (C=O) groups excluding carboxylic acids is 4. The predicted molar refractivity (Wildman–Crippen MR) is 356 cm³/mol. The number of methoxy groups -OCH3 is 4. The van der Waals surface area contributed by atoms with E-state index in [9.17, 15) is 19.2 Å². The van der Waals surface area contributed by atoms with Crippen LogP contribution in [-0.4, -0.2) is 72.3 Å². The van der Waals surface area contributed by atoms with Crippen LogP contribution in [-0.2, 0) is 89.9 Å². The van der Waals surface area contributed by atoms with Crippen molar-refractivity contribution in [3.8, 4) is 0 Å². The van der Waals surface area contributed by atoms with Crippen LogP contribution in [0.1, 0.15) is 167 Å². The molecule has 16 bridgehead atoms. The Morgan fingerprint density at radius 1 is 0.380 bits per heavy atom. The molecule has 0 fully saturated rings. The second kappa shape index (κ2) is 28.7. The normalized spacial score (nSPS) is 12.9. The fourth-order valence-corrected chi connectivity index (χ4v) is 12.0. The number of carbonyl (C=O) groups is 4. The van der Waals surface area contributed by atoms with E-state index in [0.717, 1.165) is 145 Å². The third-order valence-electron chi connectivity index (χ3n) is 17.4. The van der Waals surface area contributed by atoms with Crippen LogP contribution < -0.4 is 19.9 Å². The molecule has 458 valence electrons.